The van der Waals surface area contributed by atoms with Crippen molar-refractivity contribution in [2.45, 2.75) is 25.6 Å². The molecule has 1 aliphatic rings. The van der Waals surface area contributed by atoms with Crippen molar-refractivity contribution in [2.24, 2.45) is 5.92 Å². The first-order valence-electron chi connectivity index (χ1n) is 11.2. The van der Waals surface area contributed by atoms with E-state index in [4.69, 9.17) is 4.74 Å². The van der Waals surface area contributed by atoms with Crippen LogP contribution in [0.2, 0.25) is 0 Å². The normalized spacial score (nSPS) is 18.4. The third-order valence-electron chi connectivity index (χ3n) is 5.87. The Kier molecular flexibility index (Phi) is 6.99. The van der Waals surface area contributed by atoms with E-state index < -0.39 is 17.6 Å². The minimum Gasteiger partial charge on any atom is -0.379 e. The Morgan fingerprint density at radius 2 is 1.97 bits per heavy atom. The lowest BCUT2D eigenvalue weighted by Gasteiger charge is -2.32. The molecule has 0 spiro atoms. The van der Waals surface area contributed by atoms with E-state index >= 15 is 4.39 Å². The summed E-state index contributed by atoms with van der Waals surface area (Å²) in [6.45, 7) is 2.62. The molecule has 0 bridgehead atoms. The van der Waals surface area contributed by atoms with E-state index in [0.29, 0.717) is 31.7 Å². The summed E-state index contributed by atoms with van der Waals surface area (Å²) in [6, 6.07) is 18.8. The molecule has 0 radical (unpaired) electrons. The molecular formula is C26H28FN3O3. The number of nitrogens with zero attached hydrogens (tertiary/aromatic N) is 2. The highest BCUT2D eigenvalue weighted by molar-refractivity contribution is 5.90. The van der Waals surface area contributed by atoms with Crippen LogP contribution in [0.25, 0.3) is 10.9 Å². The minimum absolute atomic E-state index is 0.0134. The van der Waals surface area contributed by atoms with Gasteiger partial charge in [0.2, 0.25) is 5.91 Å². The van der Waals surface area contributed by atoms with E-state index in [-0.39, 0.29) is 18.9 Å². The second kappa shape index (κ2) is 10.1. The number of halogens is 1. The van der Waals surface area contributed by atoms with Crippen molar-refractivity contribution < 1.29 is 18.7 Å². The van der Waals surface area contributed by atoms with Gasteiger partial charge in [-0.1, -0.05) is 48.5 Å². The number of fused-ring (bicyclic) bond motifs is 1. The number of aromatic nitrogens is 1. The molecule has 1 aromatic heterocycles. The molecule has 7 heteroatoms. The number of benzene rings is 2. The number of carbonyl (C=O) groups is 2. The van der Waals surface area contributed by atoms with E-state index in [1.807, 2.05) is 36.4 Å². The summed E-state index contributed by atoms with van der Waals surface area (Å²) < 4.78 is 21.8. The maximum absolute atomic E-state index is 16.0. The zero-order valence-corrected chi connectivity index (χ0v) is 18.7. The average Bonchev–Trinajstić information content (AvgIpc) is 3.04. The van der Waals surface area contributed by atoms with E-state index in [2.05, 4.69) is 10.3 Å². The van der Waals surface area contributed by atoms with Crippen molar-refractivity contribution in [3.63, 3.8) is 0 Å². The monoisotopic (exact) mass is 449 g/mol. The SMILES string of the molecule is CC(=O)N[C@](F)(Cc1ccccc1)C(=O)N1CCOC[C@H](Cc2cccc3ncccc23)C1. The smallest absolute Gasteiger partial charge is 0.281 e. The lowest BCUT2D eigenvalue weighted by atomic mass is 9.95. The Bertz CT molecular complexity index is 1120. The molecule has 3 aromatic rings. The topological polar surface area (TPSA) is 71.5 Å². The summed E-state index contributed by atoms with van der Waals surface area (Å²) in [5, 5.41) is 3.32. The van der Waals surface area contributed by atoms with E-state index in [0.717, 1.165) is 16.5 Å². The van der Waals surface area contributed by atoms with Crippen LogP contribution >= 0.6 is 0 Å². The Hall–Kier alpha value is -3.32. The molecule has 2 atom stereocenters. The molecule has 1 aliphatic heterocycles. The number of pyridine rings is 1. The first-order valence-corrected chi connectivity index (χ1v) is 11.2. The van der Waals surface area contributed by atoms with Gasteiger partial charge in [-0.25, -0.2) is 4.39 Å². The fraction of sp³-hybridized carbons (Fsp3) is 0.346. The van der Waals surface area contributed by atoms with Gasteiger partial charge in [-0.15, -0.1) is 0 Å². The van der Waals surface area contributed by atoms with Crippen LogP contribution in [0.5, 0.6) is 0 Å². The highest BCUT2D eigenvalue weighted by Gasteiger charge is 2.43. The third kappa shape index (κ3) is 5.54. The van der Waals surface area contributed by atoms with Gasteiger partial charge in [0.15, 0.2) is 0 Å². The van der Waals surface area contributed by atoms with Crippen molar-refractivity contribution in [1.82, 2.24) is 15.2 Å². The minimum atomic E-state index is -2.52. The van der Waals surface area contributed by atoms with Crippen molar-refractivity contribution in [3.05, 3.63) is 78.0 Å². The van der Waals surface area contributed by atoms with Crippen LogP contribution in [0.3, 0.4) is 0 Å². The number of hydrogen-bond acceptors (Lipinski definition) is 4. The standard InChI is InChI=1S/C26H28FN3O3/c1-19(31)29-26(27,16-20-7-3-2-4-8-20)25(32)30-13-14-33-18-21(17-30)15-22-9-5-11-24-23(22)10-6-12-28-24/h2-12,21H,13-18H2,1H3,(H,29,31)/t21-,26-/m1/s1. The summed E-state index contributed by atoms with van der Waals surface area (Å²) in [6.07, 6.45) is 2.20. The second-order valence-electron chi connectivity index (χ2n) is 8.53. The Labute approximate surface area is 192 Å². The van der Waals surface area contributed by atoms with Crippen LogP contribution in [0.4, 0.5) is 4.39 Å². The Balaban J connectivity index is 1.54. The number of carbonyl (C=O) groups excluding carboxylic acids is 2. The van der Waals surface area contributed by atoms with Crippen LogP contribution < -0.4 is 5.32 Å². The molecule has 33 heavy (non-hydrogen) atoms. The van der Waals surface area contributed by atoms with Gasteiger partial charge in [-0.05, 0) is 29.7 Å². The number of alkyl halides is 1. The quantitative estimate of drug-likeness (QED) is 0.587. The molecule has 0 aliphatic carbocycles. The lowest BCUT2D eigenvalue weighted by molar-refractivity contribution is -0.150. The van der Waals surface area contributed by atoms with Crippen LogP contribution in [-0.2, 0) is 27.2 Å². The number of rotatable bonds is 6. The third-order valence-corrected chi connectivity index (χ3v) is 5.87. The first-order chi connectivity index (χ1) is 15.9. The fourth-order valence-corrected chi connectivity index (χ4v) is 4.42. The predicted molar refractivity (Wildman–Crippen MR) is 124 cm³/mol. The average molecular weight is 450 g/mol. The molecule has 6 nitrogen and oxygen atoms in total. The number of hydrogen-bond donors (Lipinski definition) is 1. The largest absolute Gasteiger partial charge is 0.379 e. The van der Waals surface area contributed by atoms with Crippen LogP contribution in [0.1, 0.15) is 18.1 Å². The highest BCUT2D eigenvalue weighted by atomic mass is 19.1. The predicted octanol–water partition coefficient (Wildman–Crippen LogP) is 3.30. The fourth-order valence-electron chi connectivity index (χ4n) is 4.42. The van der Waals surface area contributed by atoms with Crippen LogP contribution in [-0.4, -0.2) is 53.8 Å². The highest BCUT2D eigenvalue weighted by Crippen LogP contribution is 2.24. The van der Waals surface area contributed by atoms with E-state index in [1.54, 1.807) is 30.5 Å². The van der Waals surface area contributed by atoms with Gasteiger partial charge in [0.05, 0.1) is 18.7 Å². The van der Waals surface area contributed by atoms with Gasteiger partial charge in [0, 0.05) is 43.9 Å². The van der Waals surface area contributed by atoms with Gasteiger partial charge in [0.1, 0.15) is 0 Å². The van der Waals surface area contributed by atoms with Crippen LogP contribution in [0, 0.1) is 5.92 Å². The molecule has 0 saturated carbocycles. The summed E-state index contributed by atoms with van der Waals surface area (Å²) in [4.78, 5) is 31.1. The molecule has 2 amide bonds. The van der Waals surface area contributed by atoms with Gasteiger partial charge >= 0.3 is 0 Å². The van der Waals surface area contributed by atoms with Crippen molar-refractivity contribution in [2.75, 3.05) is 26.3 Å². The molecule has 2 heterocycles. The molecule has 1 fully saturated rings. The summed E-state index contributed by atoms with van der Waals surface area (Å²) >= 11 is 0. The molecule has 4 rings (SSSR count). The number of amides is 2. The summed E-state index contributed by atoms with van der Waals surface area (Å²) in [7, 11) is 0. The molecule has 0 unspecified atom stereocenters. The van der Waals surface area contributed by atoms with Crippen molar-refractivity contribution in [3.8, 4) is 0 Å². The summed E-state index contributed by atoms with van der Waals surface area (Å²) in [5.41, 5.74) is 2.66. The molecule has 1 N–H and O–H groups in total. The van der Waals surface area contributed by atoms with Gasteiger partial charge in [0.25, 0.3) is 11.7 Å². The zero-order valence-electron chi connectivity index (χ0n) is 18.7. The van der Waals surface area contributed by atoms with Gasteiger partial charge in [-0.2, -0.15) is 0 Å². The van der Waals surface area contributed by atoms with Crippen molar-refractivity contribution in [1.29, 1.82) is 0 Å². The van der Waals surface area contributed by atoms with Gasteiger partial charge in [-0.3, -0.25) is 14.6 Å². The second-order valence-corrected chi connectivity index (χ2v) is 8.53. The van der Waals surface area contributed by atoms with Crippen molar-refractivity contribution >= 4 is 22.7 Å². The molecule has 2 aromatic carbocycles. The maximum atomic E-state index is 16.0. The van der Waals surface area contributed by atoms with E-state index in [9.17, 15) is 9.59 Å². The van der Waals surface area contributed by atoms with Gasteiger partial charge < -0.3 is 15.0 Å². The van der Waals surface area contributed by atoms with E-state index in [1.165, 1.54) is 11.8 Å². The molecule has 172 valence electrons. The molecule has 1 saturated heterocycles. The maximum Gasteiger partial charge on any atom is 0.281 e. The summed E-state index contributed by atoms with van der Waals surface area (Å²) in [5.74, 6) is -3.87. The number of nitrogens with one attached hydrogen (secondary N) is 1. The number of ether oxygens (including phenoxy) is 1. The Morgan fingerprint density at radius 1 is 1.15 bits per heavy atom. The lowest BCUT2D eigenvalue weighted by Crippen LogP contribution is -2.58. The zero-order chi connectivity index (χ0) is 23.3. The van der Waals surface area contributed by atoms with Crippen LogP contribution in [0.15, 0.2) is 66.9 Å². The first kappa shape index (κ1) is 22.9. The Morgan fingerprint density at radius 3 is 2.76 bits per heavy atom. The molecular weight excluding hydrogens is 421 g/mol.